The molecule has 3 aliphatic rings. The van der Waals surface area contributed by atoms with Crippen molar-refractivity contribution in [3.63, 3.8) is 0 Å². The van der Waals surface area contributed by atoms with Gasteiger partial charge in [0.2, 0.25) is 11.8 Å². The fourth-order valence-electron chi connectivity index (χ4n) is 4.98. The van der Waals surface area contributed by atoms with Gasteiger partial charge in [-0.25, -0.2) is 0 Å². The Morgan fingerprint density at radius 1 is 1.16 bits per heavy atom. The number of hydrogen-bond donors (Lipinski definition) is 2. The molecule has 1 aromatic carbocycles. The third kappa shape index (κ3) is 4.18. The molecule has 2 fully saturated rings. The maximum atomic E-state index is 13.3. The SMILES string of the molecule is NCC1CN(Cc2cccc3c2C(=O)N(C2CCC(=O)NC2=O)C3)CCC1C(F)(F)F. The van der Waals surface area contributed by atoms with Gasteiger partial charge in [0, 0.05) is 31.6 Å². The lowest BCUT2D eigenvalue weighted by Crippen LogP contribution is -2.52. The lowest BCUT2D eigenvalue weighted by molar-refractivity contribution is -0.199. The summed E-state index contributed by atoms with van der Waals surface area (Å²) in [5, 5.41) is 2.28. The van der Waals surface area contributed by atoms with E-state index in [4.69, 9.17) is 5.73 Å². The normalized spacial score (nSPS) is 27.4. The third-order valence-electron chi connectivity index (χ3n) is 6.57. The molecule has 3 heterocycles. The van der Waals surface area contributed by atoms with E-state index in [9.17, 15) is 27.6 Å². The Balaban J connectivity index is 1.50. The minimum atomic E-state index is -4.26. The number of carbonyl (C=O) groups is 3. The first-order chi connectivity index (χ1) is 14.7. The van der Waals surface area contributed by atoms with Crippen LogP contribution in [0, 0.1) is 11.8 Å². The molecular weight excluding hydrogens is 413 g/mol. The molecule has 0 spiro atoms. The molecule has 4 rings (SSSR count). The van der Waals surface area contributed by atoms with Crippen molar-refractivity contribution in [2.24, 2.45) is 17.6 Å². The number of nitrogens with two attached hydrogens (primary N) is 1. The molecule has 10 heteroatoms. The van der Waals surface area contributed by atoms with E-state index in [0.717, 1.165) is 11.1 Å². The average Bonchev–Trinajstić information content (AvgIpc) is 3.04. The summed E-state index contributed by atoms with van der Waals surface area (Å²) >= 11 is 0. The molecule has 3 aliphatic heterocycles. The van der Waals surface area contributed by atoms with Gasteiger partial charge in [0.15, 0.2) is 0 Å². The Bertz CT molecular complexity index is 904. The number of nitrogens with zero attached hydrogens (tertiary/aromatic N) is 2. The van der Waals surface area contributed by atoms with Crippen molar-refractivity contribution >= 4 is 17.7 Å². The minimum Gasteiger partial charge on any atom is -0.330 e. The van der Waals surface area contributed by atoms with Gasteiger partial charge >= 0.3 is 6.18 Å². The average molecular weight is 438 g/mol. The first kappa shape index (κ1) is 21.8. The molecule has 3 N–H and O–H groups in total. The second kappa shape index (κ2) is 8.23. The molecule has 3 amide bonds. The van der Waals surface area contributed by atoms with Crippen LogP contribution < -0.4 is 11.1 Å². The third-order valence-corrected chi connectivity index (χ3v) is 6.57. The quantitative estimate of drug-likeness (QED) is 0.693. The number of nitrogens with one attached hydrogen (secondary N) is 1. The lowest BCUT2D eigenvalue weighted by atomic mass is 9.84. The lowest BCUT2D eigenvalue weighted by Gasteiger charge is -2.39. The molecule has 0 bridgehead atoms. The maximum absolute atomic E-state index is 13.3. The first-order valence-electron chi connectivity index (χ1n) is 10.4. The number of hydrogen-bond acceptors (Lipinski definition) is 5. The van der Waals surface area contributed by atoms with Crippen LogP contribution >= 0.6 is 0 Å². The zero-order valence-electron chi connectivity index (χ0n) is 17.0. The molecule has 31 heavy (non-hydrogen) atoms. The number of benzene rings is 1. The molecule has 2 saturated heterocycles. The van der Waals surface area contributed by atoms with Crippen LogP contribution in [0.15, 0.2) is 18.2 Å². The van der Waals surface area contributed by atoms with Gasteiger partial charge in [0.25, 0.3) is 5.91 Å². The highest BCUT2D eigenvalue weighted by molar-refractivity contribution is 6.05. The van der Waals surface area contributed by atoms with E-state index in [1.165, 1.54) is 4.90 Å². The van der Waals surface area contributed by atoms with Crippen LogP contribution in [0.3, 0.4) is 0 Å². The highest BCUT2D eigenvalue weighted by Crippen LogP contribution is 2.38. The summed E-state index contributed by atoms with van der Waals surface area (Å²) in [6.07, 6.45) is -3.82. The summed E-state index contributed by atoms with van der Waals surface area (Å²) in [5.74, 6) is -3.18. The van der Waals surface area contributed by atoms with Crippen molar-refractivity contribution in [1.29, 1.82) is 0 Å². The van der Waals surface area contributed by atoms with E-state index in [0.29, 0.717) is 12.1 Å². The summed E-state index contributed by atoms with van der Waals surface area (Å²) in [4.78, 5) is 40.2. The summed E-state index contributed by atoms with van der Waals surface area (Å²) < 4.78 is 39.8. The standard InChI is InChI=1S/C21H25F3N4O3/c22-21(23,24)15-6-7-27(10-14(15)8-25)9-12-2-1-3-13-11-28(20(31)18(12)13)16-4-5-17(29)26-19(16)30/h1-3,14-16H,4-11,25H2,(H,26,29,30). The van der Waals surface area contributed by atoms with Crippen molar-refractivity contribution < 1.29 is 27.6 Å². The van der Waals surface area contributed by atoms with Crippen LogP contribution in [0.1, 0.15) is 40.7 Å². The smallest absolute Gasteiger partial charge is 0.330 e. The maximum Gasteiger partial charge on any atom is 0.392 e. The molecule has 0 aliphatic carbocycles. The minimum absolute atomic E-state index is 0.0171. The van der Waals surface area contributed by atoms with E-state index < -0.39 is 30.0 Å². The summed E-state index contributed by atoms with van der Waals surface area (Å²) in [6, 6.07) is 4.74. The van der Waals surface area contributed by atoms with Gasteiger partial charge in [-0.3, -0.25) is 24.6 Å². The van der Waals surface area contributed by atoms with Crippen LogP contribution in [-0.4, -0.2) is 59.4 Å². The number of carbonyl (C=O) groups excluding carboxylic acids is 3. The highest BCUT2D eigenvalue weighted by atomic mass is 19.4. The van der Waals surface area contributed by atoms with E-state index in [1.54, 1.807) is 6.07 Å². The number of fused-ring (bicyclic) bond motifs is 1. The Morgan fingerprint density at radius 2 is 1.94 bits per heavy atom. The number of amides is 3. The van der Waals surface area contributed by atoms with Gasteiger partial charge < -0.3 is 10.6 Å². The monoisotopic (exact) mass is 438 g/mol. The predicted octanol–water partition coefficient (Wildman–Crippen LogP) is 1.41. The Hall–Kier alpha value is -2.46. The van der Waals surface area contributed by atoms with Crippen molar-refractivity contribution in [2.75, 3.05) is 19.6 Å². The summed E-state index contributed by atoms with van der Waals surface area (Å²) in [6.45, 7) is 1.07. The number of halogens is 3. The van der Waals surface area contributed by atoms with Gasteiger partial charge in [-0.1, -0.05) is 18.2 Å². The molecule has 3 unspecified atom stereocenters. The highest BCUT2D eigenvalue weighted by Gasteiger charge is 2.46. The summed E-state index contributed by atoms with van der Waals surface area (Å²) in [7, 11) is 0. The number of likely N-dealkylation sites (tertiary alicyclic amines) is 1. The fraction of sp³-hybridized carbons (Fsp3) is 0.571. The fourth-order valence-corrected chi connectivity index (χ4v) is 4.98. The van der Waals surface area contributed by atoms with Crippen molar-refractivity contribution in [3.05, 3.63) is 34.9 Å². The van der Waals surface area contributed by atoms with E-state index >= 15 is 0 Å². The Morgan fingerprint density at radius 3 is 2.61 bits per heavy atom. The van der Waals surface area contributed by atoms with Crippen LogP contribution in [-0.2, 0) is 22.7 Å². The van der Waals surface area contributed by atoms with Crippen molar-refractivity contribution in [1.82, 2.24) is 15.1 Å². The van der Waals surface area contributed by atoms with Crippen LogP contribution in [0.2, 0.25) is 0 Å². The number of piperidine rings is 2. The van der Waals surface area contributed by atoms with Gasteiger partial charge in [-0.15, -0.1) is 0 Å². The largest absolute Gasteiger partial charge is 0.392 e. The molecule has 3 atom stereocenters. The molecular formula is C21H25F3N4O3. The Kier molecular flexibility index (Phi) is 5.78. The molecule has 168 valence electrons. The van der Waals surface area contributed by atoms with Crippen molar-refractivity contribution in [3.8, 4) is 0 Å². The summed E-state index contributed by atoms with van der Waals surface area (Å²) in [5.41, 5.74) is 7.66. The second-order valence-corrected chi connectivity index (χ2v) is 8.52. The van der Waals surface area contributed by atoms with Crippen molar-refractivity contribution in [2.45, 2.75) is 44.6 Å². The second-order valence-electron chi connectivity index (χ2n) is 8.52. The molecule has 7 nitrogen and oxygen atoms in total. The first-order valence-corrected chi connectivity index (χ1v) is 10.4. The van der Waals surface area contributed by atoms with Gasteiger partial charge in [-0.2, -0.15) is 13.2 Å². The molecule has 1 aromatic rings. The number of imide groups is 1. The molecule has 0 radical (unpaired) electrons. The van der Waals surface area contributed by atoms with Gasteiger partial charge in [0.05, 0.1) is 5.92 Å². The number of rotatable bonds is 4. The zero-order chi connectivity index (χ0) is 22.3. The van der Waals surface area contributed by atoms with E-state index in [2.05, 4.69) is 5.32 Å². The van der Waals surface area contributed by atoms with Crippen LogP contribution in [0.25, 0.3) is 0 Å². The van der Waals surface area contributed by atoms with Gasteiger partial charge in [0.1, 0.15) is 6.04 Å². The molecule has 0 saturated carbocycles. The number of alkyl halides is 3. The topological polar surface area (TPSA) is 95.7 Å². The van der Waals surface area contributed by atoms with Crippen LogP contribution in [0.5, 0.6) is 0 Å². The predicted molar refractivity (Wildman–Crippen MR) is 104 cm³/mol. The van der Waals surface area contributed by atoms with Crippen LogP contribution in [0.4, 0.5) is 13.2 Å². The molecule has 0 aromatic heterocycles. The van der Waals surface area contributed by atoms with E-state index in [1.807, 2.05) is 17.0 Å². The van der Waals surface area contributed by atoms with E-state index in [-0.39, 0.29) is 57.3 Å². The van der Waals surface area contributed by atoms with Gasteiger partial charge in [-0.05, 0) is 43.0 Å². The Labute approximate surface area is 177 Å². The zero-order valence-corrected chi connectivity index (χ0v) is 17.0.